The zero-order valence-corrected chi connectivity index (χ0v) is 9.62. The standard InChI is InChI=1S/C13H9NO5/c15-11-5-4-9(7-19-11)12(16)14-10-3-1-2-8(6-10)13(17)18/h1-7H,(H,14,16)(H,17,18). The van der Waals surface area contributed by atoms with Crippen molar-refractivity contribution in [3.63, 3.8) is 0 Å². The summed E-state index contributed by atoms with van der Waals surface area (Å²) < 4.78 is 4.57. The van der Waals surface area contributed by atoms with E-state index in [1.807, 2.05) is 0 Å². The molecule has 0 saturated heterocycles. The van der Waals surface area contributed by atoms with Crippen molar-refractivity contribution in [2.45, 2.75) is 0 Å². The van der Waals surface area contributed by atoms with Gasteiger partial charge in [0.05, 0.1) is 11.1 Å². The smallest absolute Gasteiger partial charge is 0.335 e. The number of hydrogen-bond acceptors (Lipinski definition) is 4. The van der Waals surface area contributed by atoms with Gasteiger partial charge < -0.3 is 14.8 Å². The molecule has 1 aromatic heterocycles. The Hall–Kier alpha value is -2.89. The van der Waals surface area contributed by atoms with Gasteiger partial charge >= 0.3 is 11.6 Å². The molecular weight excluding hydrogens is 250 g/mol. The molecule has 0 aliphatic rings. The van der Waals surface area contributed by atoms with Crippen molar-refractivity contribution in [2.24, 2.45) is 0 Å². The summed E-state index contributed by atoms with van der Waals surface area (Å²) in [5, 5.41) is 11.3. The van der Waals surface area contributed by atoms with E-state index >= 15 is 0 Å². The highest BCUT2D eigenvalue weighted by Gasteiger charge is 2.08. The van der Waals surface area contributed by atoms with Crippen LogP contribution in [0.25, 0.3) is 0 Å². The van der Waals surface area contributed by atoms with E-state index in [4.69, 9.17) is 5.11 Å². The van der Waals surface area contributed by atoms with Crippen LogP contribution in [0.1, 0.15) is 20.7 Å². The minimum Gasteiger partial charge on any atom is -0.478 e. The Kier molecular flexibility index (Phi) is 3.42. The van der Waals surface area contributed by atoms with Crippen LogP contribution in [0, 0.1) is 0 Å². The van der Waals surface area contributed by atoms with Crippen LogP contribution in [-0.2, 0) is 0 Å². The molecular formula is C13H9NO5. The van der Waals surface area contributed by atoms with Crippen LogP contribution in [0.5, 0.6) is 0 Å². The predicted octanol–water partition coefficient (Wildman–Crippen LogP) is 1.59. The van der Waals surface area contributed by atoms with Crippen LogP contribution in [0.4, 0.5) is 5.69 Å². The number of carbonyl (C=O) groups excluding carboxylic acids is 1. The molecule has 0 radical (unpaired) electrons. The van der Waals surface area contributed by atoms with E-state index in [0.717, 1.165) is 12.3 Å². The third-order valence-corrected chi connectivity index (χ3v) is 2.33. The van der Waals surface area contributed by atoms with E-state index in [2.05, 4.69) is 9.73 Å². The molecule has 1 aromatic carbocycles. The molecule has 6 nitrogen and oxygen atoms in total. The number of rotatable bonds is 3. The Labute approximate surface area is 107 Å². The van der Waals surface area contributed by atoms with Crippen LogP contribution < -0.4 is 10.9 Å². The molecule has 0 atom stereocenters. The maximum Gasteiger partial charge on any atom is 0.335 e. The van der Waals surface area contributed by atoms with Gasteiger partial charge in [-0.2, -0.15) is 0 Å². The minimum atomic E-state index is -1.08. The first-order valence-corrected chi connectivity index (χ1v) is 5.30. The van der Waals surface area contributed by atoms with Gasteiger partial charge in [0.15, 0.2) is 0 Å². The SMILES string of the molecule is O=C(O)c1cccc(NC(=O)c2ccc(=O)oc2)c1. The summed E-state index contributed by atoms with van der Waals surface area (Å²) in [5.41, 5.74) is 0.0262. The second kappa shape index (κ2) is 5.18. The summed E-state index contributed by atoms with van der Waals surface area (Å²) in [6, 6.07) is 8.28. The van der Waals surface area contributed by atoms with Gasteiger partial charge in [0.25, 0.3) is 5.91 Å². The van der Waals surface area contributed by atoms with Crippen LogP contribution in [0.15, 0.2) is 51.9 Å². The molecule has 0 aliphatic carbocycles. The van der Waals surface area contributed by atoms with Crippen LogP contribution in [0.2, 0.25) is 0 Å². The highest BCUT2D eigenvalue weighted by atomic mass is 16.4. The van der Waals surface area contributed by atoms with E-state index in [9.17, 15) is 14.4 Å². The molecule has 2 aromatic rings. The molecule has 0 fully saturated rings. The van der Waals surface area contributed by atoms with Crippen LogP contribution in [0.3, 0.4) is 0 Å². The molecule has 1 heterocycles. The van der Waals surface area contributed by atoms with Gasteiger partial charge in [0.1, 0.15) is 6.26 Å². The first-order valence-electron chi connectivity index (χ1n) is 5.30. The largest absolute Gasteiger partial charge is 0.478 e. The van der Waals surface area contributed by atoms with Gasteiger partial charge in [-0.05, 0) is 24.3 Å². The van der Waals surface area contributed by atoms with Crippen molar-refractivity contribution in [3.05, 3.63) is 64.2 Å². The van der Waals surface area contributed by atoms with Gasteiger partial charge in [-0.3, -0.25) is 4.79 Å². The Morgan fingerprint density at radius 2 is 1.89 bits per heavy atom. The first kappa shape index (κ1) is 12.6. The average Bonchev–Trinajstić information content (AvgIpc) is 2.39. The van der Waals surface area contributed by atoms with Crippen molar-refractivity contribution < 1.29 is 19.1 Å². The topological polar surface area (TPSA) is 96.6 Å². The van der Waals surface area contributed by atoms with E-state index in [1.54, 1.807) is 6.07 Å². The summed E-state index contributed by atoms with van der Waals surface area (Å²) in [5.74, 6) is -1.58. The molecule has 0 saturated carbocycles. The number of carboxylic acid groups (broad SMARTS) is 1. The number of aromatic carboxylic acids is 1. The van der Waals surface area contributed by atoms with Crippen molar-refractivity contribution in [1.82, 2.24) is 0 Å². The van der Waals surface area contributed by atoms with Crippen molar-refractivity contribution in [1.29, 1.82) is 0 Å². The lowest BCUT2D eigenvalue weighted by atomic mass is 10.2. The number of hydrogen-bond donors (Lipinski definition) is 2. The van der Waals surface area contributed by atoms with Crippen LogP contribution >= 0.6 is 0 Å². The van der Waals surface area contributed by atoms with E-state index in [1.165, 1.54) is 24.3 Å². The third kappa shape index (κ3) is 3.06. The highest BCUT2D eigenvalue weighted by molar-refractivity contribution is 6.04. The monoisotopic (exact) mass is 259 g/mol. The lowest BCUT2D eigenvalue weighted by Crippen LogP contribution is -2.13. The fraction of sp³-hybridized carbons (Fsp3) is 0. The highest BCUT2D eigenvalue weighted by Crippen LogP contribution is 2.12. The molecule has 0 spiro atoms. The Bertz CT molecular complexity index is 669. The maximum absolute atomic E-state index is 11.8. The number of carbonyl (C=O) groups is 2. The quantitative estimate of drug-likeness (QED) is 0.872. The number of nitrogens with one attached hydrogen (secondary N) is 1. The second-order valence-corrected chi connectivity index (χ2v) is 3.68. The van der Waals surface area contributed by atoms with Crippen molar-refractivity contribution >= 4 is 17.6 Å². The summed E-state index contributed by atoms with van der Waals surface area (Å²) in [6.07, 6.45) is 1.04. The van der Waals surface area contributed by atoms with Gasteiger partial charge in [0.2, 0.25) is 0 Å². The van der Waals surface area contributed by atoms with Gasteiger partial charge in [-0.25, -0.2) is 9.59 Å². The van der Waals surface area contributed by atoms with Gasteiger partial charge in [0, 0.05) is 11.8 Å². The van der Waals surface area contributed by atoms with Crippen molar-refractivity contribution in [2.75, 3.05) is 5.32 Å². The van der Waals surface area contributed by atoms with E-state index in [-0.39, 0.29) is 11.1 Å². The molecule has 0 unspecified atom stereocenters. The molecule has 2 N–H and O–H groups in total. The Morgan fingerprint density at radius 1 is 1.11 bits per heavy atom. The molecule has 0 bridgehead atoms. The van der Waals surface area contributed by atoms with E-state index < -0.39 is 17.5 Å². The van der Waals surface area contributed by atoms with Gasteiger partial charge in [-0.15, -0.1) is 0 Å². The number of benzene rings is 1. The summed E-state index contributed by atoms with van der Waals surface area (Å²) in [7, 11) is 0. The molecule has 0 aliphatic heterocycles. The molecule has 1 amide bonds. The summed E-state index contributed by atoms with van der Waals surface area (Å²) in [4.78, 5) is 33.3. The molecule has 19 heavy (non-hydrogen) atoms. The lowest BCUT2D eigenvalue weighted by molar-refractivity contribution is 0.0696. The van der Waals surface area contributed by atoms with Crippen molar-refractivity contribution in [3.8, 4) is 0 Å². The zero-order chi connectivity index (χ0) is 13.8. The Morgan fingerprint density at radius 3 is 2.53 bits per heavy atom. The second-order valence-electron chi connectivity index (χ2n) is 3.68. The summed E-state index contributed by atoms with van der Waals surface area (Å²) in [6.45, 7) is 0. The minimum absolute atomic E-state index is 0.0670. The van der Waals surface area contributed by atoms with Gasteiger partial charge in [-0.1, -0.05) is 6.07 Å². The Balaban J connectivity index is 2.19. The average molecular weight is 259 g/mol. The molecule has 2 rings (SSSR count). The zero-order valence-electron chi connectivity index (χ0n) is 9.62. The fourth-order valence-corrected chi connectivity index (χ4v) is 1.42. The summed E-state index contributed by atoms with van der Waals surface area (Å²) >= 11 is 0. The lowest BCUT2D eigenvalue weighted by Gasteiger charge is -2.05. The van der Waals surface area contributed by atoms with E-state index in [0.29, 0.717) is 5.69 Å². The molecule has 6 heteroatoms. The maximum atomic E-state index is 11.8. The number of anilines is 1. The third-order valence-electron chi connectivity index (χ3n) is 2.33. The number of carboxylic acids is 1. The predicted molar refractivity (Wildman–Crippen MR) is 66.3 cm³/mol. The molecule has 96 valence electrons. The first-order chi connectivity index (χ1) is 9.06. The fourth-order valence-electron chi connectivity index (χ4n) is 1.42. The normalized spacial score (nSPS) is 9.89. The number of amides is 1. The van der Waals surface area contributed by atoms with Crippen LogP contribution in [-0.4, -0.2) is 17.0 Å².